The standard InChI is InChI=1S/C19H24N5O15P3/c20-18-17-12(8-35-7-11-3-1-2-4-13(11)24(26)27)6-23(19(17)22-10-21-18)16-5-14(25)15(37-16)9-36-41(31,32)39-42(33,34)38-40(28,29)30/h1-4,6,10,14-16,25H,5,7-9H2,(H,31,32)(H,33,34)(H2,20,21,22)(H2,28,29,30)/t14?,15-,16-/m1/s1. The second-order valence-corrected chi connectivity index (χ2v) is 13.1. The summed E-state index contributed by atoms with van der Waals surface area (Å²) >= 11 is 0. The van der Waals surface area contributed by atoms with Gasteiger partial charge in [0.15, 0.2) is 0 Å². The van der Waals surface area contributed by atoms with Crippen molar-refractivity contribution in [1.82, 2.24) is 14.5 Å². The van der Waals surface area contributed by atoms with Crippen molar-refractivity contribution >= 4 is 46.0 Å². The van der Waals surface area contributed by atoms with E-state index in [1.54, 1.807) is 18.3 Å². The fourth-order valence-corrected chi connectivity index (χ4v) is 7.13. The molecule has 3 aromatic rings. The van der Waals surface area contributed by atoms with Crippen molar-refractivity contribution in [2.24, 2.45) is 0 Å². The fourth-order valence-electron chi connectivity index (χ4n) is 4.10. The molecular formula is C19H24N5O15P3. The van der Waals surface area contributed by atoms with Crippen LogP contribution in [0.3, 0.4) is 0 Å². The number of hydrogen-bond donors (Lipinski definition) is 6. The number of nitrogen functional groups attached to an aromatic ring is 1. The van der Waals surface area contributed by atoms with E-state index in [2.05, 4.69) is 23.1 Å². The van der Waals surface area contributed by atoms with Crippen LogP contribution in [0.5, 0.6) is 0 Å². The van der Waals surface area contributed by atoms with Crippen LogP contribution in [0.15, 0.2) is 36.8 Å². The van der Waals surface area contributed by atoms with E-state index >= 15 is 0 Å². The van der Waals surface area contributed by atoms with Crippen molar-refractivity contribution in [3.05, 3.63) is 58.0 Å². The second-order valence-electron chi connectivity index (χ2n) is 8.72. The maximum absolute atomic E-state index is 12.0. The molecule has 0 aliphatic carbocycles. The van der Waals surface area contributed by atoms with Crippen molar-refractivity contribution in [1.29, 1.82) is 0 Å². The molecule has 0 spiro atoms. The normalized spacial score (nSPS) is 22.2. The summed E-state index contributed by atoms with van der Waals surface area (Å²) in [5.41, 5.74) is 7.05. The number of nitrogens with two attached hydrogens (primary N) is 1. The molecule has 1 aromatic carbocycles. The monoisotopic (exact) mass is 655 g/mol. The zero-order valence-corrected chi connectivity index (χ0v) is 23.7. The lowest BCUT2D eigenvalue weighted by Crippen LogP contribution is -2.26. The van der Waals surface area contributed by atoms with E-state index in [0.717, 1.165) is 0 Å². The molecule has 1 aliphatic heterocycles. The molecule has 0 amide bonds. The quantitative estimate of drug-likeness (QED) is 0.0865. The maximum atomic E-state index is 12.0. The van der Waals surface area contributed by atoms with Gasteiger partial charge in [-0.3, -0.25) is 14.6 Å². The van der Waals surface area contributed by atoms with Gasteiger partial charge in [0.05, 0.1) is 41.8 Å². The molecular weight excluding hydrogens is 631 g/mol. The summed E-state index contributed by atoms with van der Waals surface area (Å²) in [5.74, 6) is 0.0887. The minimum atomic E-state index is -5.72. The molecule has 4 rings (SSSR count). The number of anilines is 1. The number of fused-ring (bicyclic) bond motifs is 1. The molecule has 3 unspecified atom stereocenters. The van der Waals surface area contributed by atoms with Gasteiger partial charge in [-0.15, -0.1) is 0 Å². The predicted molar refractivity (Wildman–Crippen MR) is 138 cm³/mol. The van der Waals surface area contributed by atoms with Crippen LogP contribution in [-0.4, -0.2) is 63.0 Å². The first-order chi connectivity index (χ1) is 19.6. The van der Waals surface area contributed by atoms with E-state index in [0.29, 0.717) is 16.5 Å². The Balaban J connectivity index is 1.46. The number of phosphoric acid groups is 3. The Kier molecular flexibility index (Phi) is 9.61. The van der Waals surface area contributed by atoms with Gasteiger partial charge >= 0.3 is 23.5 Å². The molecule has 2 aromatic heterocycles. The Morgan fingerprint density at radius 3 is 2.45 bits per heavy atom. The van der Waals surface area contributed by atoms with Gasteiger partial charge in [-0.1, -0.05) is 12.1 Å². The third kappa shape index (κ3) is 8.03. The molecule has 1 fully saturated rings. The molecule has 7 N–H and O–H groups in total. The maximum Gasteiger partial charge on any atom is 0.490 e. The number of hydrogen-bond acceptors (Lipinski definition) is 14. The number of phosphoric ester groups is 1. The van der Waals surface area contributed by atoms with Gasteiger partial charge in [-0.05, 0) is 6.07 Å². The topological polar surface area (TPSA) is 298 Å². The summed E-state index contributed by atoms with van der Waals surface area (Å²) in [6.07, 6.45) is -0.863. The summed E-state index contributed by atoms with van der Waals surface area (Å²) in [6, 6.07) is 6.06. The van der Waals surface area contributed by atoms with E-state index < -0.39 is 53.4 Å². The van der Waals surface area contributed by atoms with Crippen LogP contribution < -0.4 is 5.73 Å². The number of aliphatic hydroxyl groups is 1. The molecule has 1 saturated heterocycles. The average molecular weight is 655 g/mol. The Bertz CT molecular complexity index is 1610. The third-order valence-electron chi connectivity index (χ3n) is 5.75. The van der Waals surface area contributed by atoms with Crippen LogP contribution >= 0.6 is 23.5 Å². The molecule has 0 saturated carbocycles. The highest BCUT2D eigenvalue weighted by molar-refractivity contribution is 7.66. The third-order valence-corrected chi connectivity index (χ3v) is 9.56. The van der Waals surface area contributed by atoms with Crippen LogP contribution in [0, 0.1) is 10.1 Å². The van der Waals surface area contributed by atoms with E-state index in [1.165, 1.54) is 23.0 Å². The number of rotatable bonds is 13. The largest absolute Gasteiger partial charge is 0.490 e. The van der Waals surface area contributed by atoms with Gasteiger partial charge in [0.2, 0.25) is 0 Å². The molecule has 23 heteroatoms. The second kappa shape index (κ2) is 12.5. The zero-order valence-electron chi connectivity index (χ0n) is 21.1. The highest BCUT2D eigenvalue weighted by atomic mass is 31.3. The number of nitro benzene ring substituents is 1. The highest BCUT2D eigenvalue weighted by Crippen LogP contribution is 2.66. The molecule has 0 bridgehead atoms. The highest BCUT2D eigenvalue weighted by Gasteiger charge is 2.43. The Morgan fingerprint density at radius 1 is 1.07 bits per heavy atom. The van der Waals surface area contributed by atoms with Crippen LogP contribution in [0.1, 0.15) is 23.8 Å². The molecule has 3 heterocycles. The molecule has 1 aliphatic rings. The van der Waals surface area contributed by atoms with E-state index in [-0.39, 0.29) is 36.8 Å². The first-order valence-corrected chi connectivity index (χ1v) is 16.1. The van der Waals surface area contributed by atoms with Gasteiger partial charge in [-0.2, -0.15) is 8.62 Å². The summed E-state index contributed by atoms with van der Waals surface area (Å²) in [6.45, 7) is -1.03. The zero-order chi connectivity index (χ0) is 30.9. The van der Waals surface area contributed by atoms with Crippen LogP contribution in [0.2, 0.25) is 0 Å². The molecule has 0 radical (unpaired) electrons. The van der Waals surface area contributed by atoms with Gasteiger partial charge in [0.25, 0.3) is 5.69 Å². The smallest absolute Gasteiger partial charge is 0.390 e. The lowest BCUT2D eigenvalue weighted by molar-refractivity contribution is -0.386. The lowest BCUT2D eigenvalue weighted by Gasteiger charge is -2.19. The summed E-state index contributed by atoms with van der Waals surface area (Å²) in [4.78, 5) is 55.1. The number of nitro groups is 1. The summed E-state index contributed by atoms with van der Waals surface area (Å²) in [5, 5.41) is 22.1. The Labute approximate surface area is 235 Å². The van der Waals surface area contributed by atoms with E-state index in [9.17, 15) is 38.7 Å². The molecule has 230 valence electrons. The number of para-hydroxylation sites is 1. The van der Waals surface area contributed by atoms with Crippen LogP contribution in [-0.2, 0) is 49.5 Å². The van der Waals surface area contributed by atoms with E-state index in [4.69, 9.17) is 25.0 Å². The van der Waals surface area contributed by atoms with E-state index in [1.807, 2.05) is 0 Å². The lowest BCUT2D eigenvalue weighted by atomic mass is 10.2. The van der Waals surface area contributed by atoms with Crippen LogP contribution in [0.4, 0.5) is 11.5 Å². The number of aromatic nitrogens is 3. The fraction of sp³-hybridized carbons (Fsp3) is 0.368. The van der Waals surface area contributed by atoms with Gasteiger partial charge in [0.1, 0.15) is 30.1 Å². The Morgan fingerprint density at radius 2 is 1.76 bits per heavy atom. The molecule has 20 nitrogen and oxygen atoms in total. The van der Waals surface area contributed by atoms with Gasteiger partial charge < -0.3 is 44.5 Å². The minimum absolute atomic E-state index is 0.0716. The summed E-state index contributed by atoms with van der Waals surface area (Å²) < 4.78 is 59.1. The molecule has 5 atom stereocenters. The van der Waals surface area contributed by atoms with Crippen molar-refractivity contribution in [3.63, 3.8) is 0 Å². The first kappa shape index (κ1) is 32.2. The number of aliphatic hydroxyl groups excluding tert-OH is 1. The van der Waals surface area contributed by atoms with Crippen molar-refractivity contribution < 1.29 is 65.9 Å². The molecule has 42 heavy (non-hydrogen) atoms. The summed E-state index contributed by atoms with van der Waals surface area (Å²) in [7, 11) is -16.7. The average Bonchev–Trinajstić information content (AvgIpc) is 3.41. The minimum Gasteiger partial charge on any atom is -0.390 e. The number of nitrogens with zero attached hydrogens (tertiary/aromatic N) is 4. The van der Waals surface area contributed by atoms with Gasteiger partial charge in [-0.25, -0.2) is 23.7 Å². The first-order valence-electron chi connectivity index (χ1n) is 11.6. The SMILES string of the molecule is Nc1ncnc2c1c(COCc1ccccc1[N+](=O)[O-])cn2[C@H]1CC(O)[C@@H](COP(=O)(O)OP(=O)(O)OP(=O)(O)O)O1. The predicted octanol–water partition coefficient (Wildman–Crippen LogP) is 1.63. The van der Waals surface area contributed by atoms with Crippen molar-refractivity contribution in [2.45, 2.75) is 38.1 Å². The van der Waals surface area contributed by atoms with Gasteiger partial charge in [0, 0.05) is 24.2 Å². The van der Waals surface area contributed by atoms with Crippen molar-refractivity contribution in [3.8, 4) is 0 Å². The van der Waals surface area contributed by atoms with Crippen molar-refractivity contribution in [2.75, 3.05) is 12.3 Å². The van der Waals surface area contributed by atoms with Crippen LogP contribution in [0.25, 0.3) is 11.0 Å². The number of benzene rings is 1. The Hall–Kier alpha value is -2.67. The number of ether oxygens (including phenoxy) is 2.